The Bertz CT molecular complexity index is 1100. The average molecular weight is 409 g/mol. The van der Waals surface area contributed by atoms with Crippen LogP contribution in [0.4, 0.5) is 5.69 Å². The molecule has 1 aromatic carbocycles. The van der Waals surface area contributed by atoms with Crippen molar-refractivity contribution in [2.24, 2.45) is 0 Å². The van der Waals surface area contributed by atoms with Crippen LogP contribution < -0.4 is 5.32 Å². The molecular weight excluding hydrogens is 388 g/mol. The van der Waals surface area contributed by atoms with Crippen molar-refractivity contribution in [3.63, 3.8) is 0 Å². The molecule has 0 fully saturated rings. The Hall–Kier alpha value is -2.43. The van der Waals surface area contributed by atoms with Crippen molar-refractivity contribution in [1.29, 1.82) is 5.26 Å². The molecule has 1 aliphatic rings. The van der Waals surface area contributed by atoms with E-state index < -0.39 is 0 Å². The normalized spacial score (nSPS) is 14.3. The predicted molar refractivity (Wildman–Crippen MR) is 114 cm³/mol. The molecule has 5 nitrogen and oxygen atoms in total. The van der Waals surface area contributed by atoms with Crippen molar-refractivity contribution < 1.29 is 4.79 Å². The Labute approximate surface area is 172 Å². The Morgan fingerprint density at radius 1 is 1.32 bits per heavy atom. The molecule has 0 bridgehead atoms. The molecule has 0 spiro atoms. The number of nitriles is 1. The summed E-state index contributed by atoms with van der Waals surface area (Å²) < 4.78 is 0. The monoisotopic (exact) mass is 408 g/mol. The Balaban J connectivity index is 1.59. The van der Waals surface area contributed by atoms with Gasteiger partial charge in [-0.05, 0) is 63.3 Å². The molecule has 2 aromatic heterocycles. The van der Waals surface area contributed by atoms with E-state index in [1.165, 1.54) is 35.0 Å². The average Bonchev–Trinajstić information content (AvgIpc) is 3.06. The minimum atomic E-state index is -0.317. The van der Waals surface area contributed by atoms with Gasteiger partial charge in [0, 0.05) is 16.0 Å². The largest absolute Gasteiger partial charge is 0.325 e. The van der Waals surface area contributed by atoms with Crippen LogP contribution in [-0.2, 0) is 17.6 Å². The summed E-state index contributed by atoms with van der Waals surface area (Å²) in [5, 5.41) is 13.6. The van der Waals surface area contributed by atoms with Gasteiger partial charge >= 0.3 is 0 Å². The molecule has 4 rings (SSSR count). The number of nitrogens with one attached hydrogen (secondary N) is 1. The highest BCUT2D eigenvalue weighted by Crippen LogP contribution is 2.40. The standard InChI is InChI=1S/C21H20N4OS2/c1-12(19(26)25-15-7-5-6-14(10-15)11-22)27-20-18-16-8-3-4-9-17(16)28-21(18)24-13(2)23-20/h5-7,10,12H,3-4,8-9H2,1-2H3,(H,25,26)/t12-/m1/s1. The first kappa shape index (κ1) is 18.9. The van der Waals surface area contributed by atoms with Crippen LogP contribution in [0.3, 0.4) is 0 Å². The van der Waals surface area contributed by atoms with Crippen LogP contribution in [0.1, 0.15) is 41.6 Å². The quantitative estimate of drug-likeness (QED) is 0.492. The molecule has 1 aliphatic carbocycles. The zero-order valence-electron chi connectivity index (χ0n) is 15.8. The number of carbonyl (C=O) groups is 1. The molecule has 1 atom stereocenters. The fourth-order valence-corrected chi connectivity index (χ4v) is 5.84. The van der Waals surface area contributed by atoms with E-state index in [1.807, 2.05) is 13.8 Å². The Kier molecular flexibility index (Phi) is 5.33. The van der Waals surface area contributed by atoms with Gasteiger partial charge in [0.2, 0.25) is 5.91 Å². The molecule has 0 radical (unpaired) electrons. The minimum absolute atomic E-state index is 0.103. The number of fused-ring (bicyclic) bond motifs is 3. The first-order valence-electron chi connectivity index (χ1n) is 9.31. The van der Waals surface area contributed by atoms with Crippen LogP contribution in [0.25, 0.3) is 10.2 Å². The summed E-state index contributed by atoms with van der Waals surface area (Å²) >= 11 is 3.26. The van der Waals surface area contributed by atoms with Crippen LogP contribution >= 0.6 is 23.1 Å². The summed E-state index contributed by atoms with van der Waals surface area (Å²) in [7, 11) is 0. The number of thioether (sulfide) groups is 1. The highest BCUT2D eigenvalue weighted by atomic mass is 32.2. The van der Waals surface area contributed by atoms with Gasteiger partial charge in [-0.15, -0.1) is 11.3 Å². The maximum Gasteiger partial charge on any atom is 0.237 e. The summed E-state index contributed by atoms with van der Waals surface area (Å²) in [6.07, 6.45) is 4.61. The number of anilines is 1. The number of aromatic nitrogens is 2. The molecule has 28 heavy (non-hydrogen) atoms. The van der Waals surface area contributed by atoms with Crippen LogP contribution in [0.2, 0.25) is 0 Å². The van der Waals surface area contributed by atoms with E-state index in [2.05, 4.69) is 21.4 Å². The summed E-state index contributed by atoms with van der Waals surface area (Å²) in [6, 6.07) is 9.04. The second kappa shape index (κ2) is 7.90. The van der Waals surface area contributed by atoms with E-state index in [4.69, 9.17) is 5.26 Å². The second-order valence-corrected chi connectivity index (χ2v) is 9.32. The van der Waals surface area contributed by atoms with E-state index >= 15 is 0 Å². The van der Waals surface area contributed by atoms with E-state index in [0.29, 0.717) is 11.3 Å². The van der Waals surface area contributed by atoms with Gasteiger partial charge in [0.25, 0.3) is 0 Å². The number of carbonyl (C=O) groups excluding carboxylic acids is 1. The smallest absolute Gasteiger partial charge is 0.237 e. The molecule has 1 amide bonds. The topological polar surface area (TPSA) is 78.7 Å². The molecule has 0 aliphatic heterocycles. The third kappa shape index (κ3) is 3.75. The molecule has 0 saturated heterocycles. The van der Waals surface area contributed by atoms with Gasteiger partial charge in [0.1, 0.15) is 15.7 Å². The van der Waals surface area contributed by atoms with Crippen LogP contribution in [0.5, 0.6) is 0 Å². The summed E-state index contributed by atoms with van der Waals surface area (Å²) in [4.78, 5) is 24.5. The lowest BCUT2D eigenvalue weighted by Gasteiger charge is -2.14. The first-order valence-corrected chi connectivity index (χ1v) is 11.0. The van der Waals surface area contributed by atoms with Crippen molar-refractivity contribution in [2.45, 2.75) is 49.8 Å². The maximum atomic E-state index is 12.7. The number of hydrogen-bond acceptors (Lipinski definition) is 6. The van der Waals surface area contributed by atoms with Crippen LogP contribution in [0.15, 0.2) is 29.3 Å². The molecule has 0 saturated carbocycles. The Morgan fingerprint density at radius 2 is 2.14 bits per heavy atom. The second-order valence-electron chi connectivity index (χ2n) is 6.91. The number of amides is 1. The van der Waals surface area contributed by atoms with E-state index in [1.54, 1.807) is 35.6 Å². The van der Waals surface area contributed by atoms with E-state index in [0.717, 1.165) is 33.9 Å². The van der Waals surface area contributed by atoms with Gasteiger partial charge in [0.05, 0.1) is 16.9 Å². The van der Waals surface area contributed by atoms with Crippen LogP contribution in [0, 0.1) is 18.3 Å². The van der Waals surface area contributed by atoms with Crippen molar-refractivity contribution in [2.75, 3.05) is 5.32 Å². The Morgan fingerprint density at radius 3 is 2.96 bits per heavy atom. The van der Waals surface area contributed by atoms with Gasteiger partial charge in [0.15, 0.2) is 0 Å². The zero-order valence-corrected chi connectivity index (χ0v) is 17.4. The molecule has 1 N–H and O–H groups in total. The molecule has 7 heteroatoms. The third-order valence-electron chi connectivity index (χ3n) is 4.81. The number of aryl methyl sites for hydroxylation is 3. The zero-order chi connectivity index (χ0) is 19.7. The van der Waals surface area contributed by atoms with Crippen molar-refractivity contribution in [3.8, 4) is 6.07 Å². The minimum Gasteiger partial charge on any atom is -0.325 e. The van der Waals surface area contributed by atoms with Crippen molar-refractivity contribution >= 4 is 44.9 Å². The lowest BCUT2D eigenvalue weighted by Crippen LogP contribution is -2.22. The fourth-order valence-electron chi connectivity index (χ4n) is 3.44. The highest BCUT2D eigenvalue weighted by Gasteiger charge is 2.23. The lowest BCUT2D eigenvalue weighted by molar-refractivity contribution is -0.115. The van der Waals surface area contributed by atoms with Gasteiger partial charge in [-0.25, -0.2) is 9.97 Å². The van der Waals surface area contributed by atoms with E-state index in [-0.39, 0.29) is 11.2 Å². The third-order valence-corrected chi connectivity index (χ3v) is 7.08. The number of rotatable bonds is 4. The molecule has 142 valence electrons. The molecule has 0 unspecified atom stereocenters. The predicted octanol–water partition coefficient (Wildman–Crippen LogP) is 4.87. The maximum absolute atomic E-state index is 12.7. The number of hydrogen-bond donors (Lipinski definition) is 1. The van der Waals surface area contributed by atoms with Gasteiger partial charge in [-0.2, -0.15) is 5.26 Å². The summed E-state index contributed by atoms with van der Waals surface area (Å²) in [5.41, 5.74) is 2.53. The number of thiophene rings is 1. The molecule has 2 heterocycles. The SMILES string of the molecule is Cc1nc(S[C@H](C)C(=O)Nc2cccc(C#N)c2)c2c3c(sc2n1)CCCC3. The van der Waals surface area contributed by atoms with Gasteiger partial charge < -0.3 is 5.32 Å². The number of nitrogens with zero attached hydrogens (tertiary/aromatic N) is 3. The summed E-state index contributed by atoms with van der Waals surface area (Å²) in [6.45, 7) is 3.79. The van der Waals surface area contributed by atoms with Crippen LogP contribution in [-0.4, -0.2) is 21.1 Å². The van der Waals surface area contributed by atoms with Crippen molar-refractivity contribution in [3.05, 3.63) is 46.1 Å². The lowest BCUT2D eigenvalue weighted by atomic mass is 9.97. The molecule has 3 aromatic rings. The number of benzene rings is 1. The summed E-state index contributed by atoms with van der Waals surface area (Å²) in [5.74, 6) is 0.636. The van der Waals surface area contributed by atoms with E-state index in [9.17, 15) is 4.79 Å². The van der Waals surface area contributed by atoms with Gasteiger partial charge in [-0.1, -0.05) is 17.8 Å². The molecular formula is C21H20N4OS2. The van der Waals surface area contributed by atoms with Gasteiger partial charge in [-0.3, -0.25) is 4.79 Å². The first-order chi connectivity index (χ1) is 13.5. The highest BCUT2D eigenvalue weighted by molar-refractivity contribution is 8.00. The fraction of sp³-hybridized carbons (Fsp3) is 0.333. The van der Waals surface area contributed by atoms with Crippen molar-refractivity contribution in [1.82, 2.24) is 9.97 Å².